The molecular weight excluding hydrogens is 264 g/mol. The van der Waals surface area contributed by atoms with E-state index in [9.17, 15) is 4.79 Å². The number of hydrogen-bond donors (Lipinski definition) is 1. The Morgan fingerprint density at radius 2 is 2.24 bits per heavy atom. The van der Waals surface area contributed by atoms with E-state index in [0.29, 0.717) is 17.7 Å². The molecule has 5 nitrogen and oxygen atoms in total. The van der Waals surface area contributed by atoms with Crippen molar-refractivity contribution in [3.05, 3.63) is 18.0 Å². The Morgan fingerprint density at radius 1 is 1.43 bits per heavy atom. The molecule has 3 atom stereocenters. The molecule has 3 heterocycles. The first-order chi connectivity index (χ1) is 10.1. The highest BCUT2D eigenvalue weighted by atomic mass is 16.2. The molecule has 0 saturated carbocycles. The summed E-state index contributed by atoms with van der Waals surface area (Å²) in [5.41, 5.74) is 1.18. The van der Waals surface area contributed by atoms with Gasteiger partial charge < -0.3 is 10.2 Å². The van der Waals surface area contributed by atoms with Gasteiger partial charge in [0.2, 0.25) is 5.91 Å². The Kier molecular flexibility index (Phi) is 4.02. The monoisotopic (exact) mass is 290 g/mol. The third-order valence-corrected chi connectivity index (χ3v) is 5.16. The van der Waals surface area contributed by atoms with Crippen molar-refractivity contribution in [2.24, 2.45) is 24.8 Å². The third kappa shape index (κ3) is 2.84. The zero-order valence-corrected chi connectivity index (χ0v) is 13.2. The van der Waals surface area contributed by atoms with E-state index in [4.69, 9.17) is 0 Å². The summed E-state index contributed by atoms with van der Waals surface area (Å²) in [7, 11) is 1.93. The lowest BCUT2D eigenvalue weighted by molar-refractivity contribution is -0.134. The number of amides is 1. The quantitative estimate of drug-likeness (QED) is 0.911. The highest BCUT2D eigenvalue weighted by molar-refractivity contribution is 5.81. The third-order valence-electron chi connectivity index (χ3n) is 5.16. The van der Waals surface area contributed by atoms with Crippen molar-refractivity contribution >= 4 is 5.91 Å². The molecule has 1 unspecified atom stereocenters. The van der Waals surface area contributed by atoms with Crippen LogP contribution in [-0.2, 0) is 11.8 Å². The fourth-order valence-corrected chi connectivity index (χ4v) is 3.69. The molecule has 0 spiro atoms. The molecule has 2 saturated heterocycles. The molecule has 0 radical (unpaired) electrons. The van der Waals surface area contributed by atoms with E-state index in [1.165, 1.54) is 5.56 Å². The maximum absolute atomic E-state index is 12.9. The van der Waals surface area contributed by atoms with Gasteiger partial charge in [-0.1, -0.05) is 13.8 Å². The smallest absolute Gasteiger partial charge is 0.227 e. The van der Waals surface area contributed by atoms with Crippen LogP contribution in [0.1, 0.15) is 31.7 Å². The number of nitrogens with one attached hydrogen (secondary N) is 1. The fraction of sp³-hybridized carbons (Fsp3) is 0.750. The van der Waals surface area contributed by atoms with Crippen LogP contribution in [0, 0.1) is 17.8 Å². The van der Waals surface area contributed by atoms with Gasteiger partial charge >= 0.3 is 0 Å². The maximum atomic E-state index is 12.9. The lowest BCUT2D eigenvalue weighted by Crippen LogP contribution is -2.37. The molecule has 21 heavy (non-hydrogen) atoms. The second-order valence-electron chi connectivity index (χ2n) is 6.90. The van der Waals surface area contributed by atoms with Crippen molar-refractivity contribution in [2.45, 2.75) is 26.2 Å². The molecule has 1 aromatic heterocycles. The number of likely N-dealkylation sites (tertiary alicyclic amines) is 1. The predicted molar refractivity (Wildman–Crippen MR) is 81.8 cm³/mol. The van der Waals surface area contributed by atoms with Gasteiger partial charge in [0.05, 0.1) is 12.1 Å². The van der Waals surface area contributed by atoms with Crippen molar-refractivity contribution in [3.8, 4) is 0 Å². The molecule has 1 aromatic rings. The highest BCUT2D eigenvalue weighted by Crippen LogP contribution is 2.32. The number of carbonyl (C=O) groups is 1. The van der Waals surface area contributed by atoms with Gasteiger partial charge in [-0.05, 0) is 23.8 Å². The first kappa shape index (κ1) is 14.6. The van der Waals surface area contributed by atoms with Crippen LogP contribution < -0.4 is 5.32 Å². The standard InChI is InChI=1S/C16H26N4O/c1-11(2)12-4-5-20(10-12)16(21)15-8-17-7-14(15)13-6-18-19(3)9-13/h6,9,11-12,14-15,17H,4-5,7-8,10H2,1-3H3/t12?,14-,15+/m1/s1. The van der Waals surface area contributed by atoms with Gasteiger partial charge in [-0.2, -0.15) is 5.10 Å². The molecular formula is C16H26N4O. The number of aryl methyl sites for hydroxylation is 1. The average Bonchev–Trinajstić information content (AvgIpc) is 3.17. The Morgan fingerprint density at radius 3 is 2.86 bits per heavy atom. The highest BCUT2D eigenvalue weighted by Gasteiger charge is 2.39. The zero-order chi connectivity index (χ0) is 15.0. The second kappa shape index (κ2) is 5.79. The molecule has 0 bridgehead atoms. The van der Waals surface area contributed by atoms with Crippen LogP contribution in [0.3, 0.4) is 0 Å². The summed E-state index contributed by atoms with van der Waals surface area (Å²) < 4.78 is 1.82. The summed E-state index contributed by atoms with van der Waals surface area (Å²) in [4.78, 5) is 15.0. The molecule has 2 aliphatic heterocycles. The van der Waals surface area contributed by atoms with Crippen molar-refractivity contribution in [1.82, 2.24) is 20.0 Å². The molecule has 0 aromatic carbocycles. The molecule has 2 aliphatic rings. The fourth-order valence-electron chi connectivity index (χ4n) is 3.69. The van der Waals surface area contributed by atoms with Crippen LogP contribution in [0.4, 0.5) is 0 Å². The van der Waals surface area contributed by atoms with Crippen LogP contribution in [-0.4, -0.2) is 46.8 Å². The van der Waals surface area contributed by atoms with Crippen molar-refractivity contribution in [2.75, 3.05) is 26.2 Å². The maximum Gasteiger partial charge on any atom is 0.227 e. The normalized spacial score (nSPS) is 29.5. The lowest BCUT2D eigenvalue weighted by Gasteiger charge is -2.24. The molecule has 1 N–H and O–H groups in total. The van der Waals surface area contributed by atoms with E-state index in [1.54, 1.807) is 0 Å². The van der Waals surface area contributed by atoms with Gasteiger partial charge in [0.1, 0.15) is 0 Å². The molecule has 5 heteroatoms. The van der Waals surface area contributed by atoms with Crippen LogP contribution in [0.5, 0.6) is 0 Å². The first-order valence-electron chi connectivity index (χ1n) is 8.04. The number of aromatic nitrogens is 2. The minimum absolute atomic E-state index is 0.0695. The van der Waals surface area contributed by atoms with E-state index < -0.39 is 0 Å². The SMILES string of the molecule is CC(C)C1CCN(C(=O)[C@H]2CNC[C@@H]2c2cnn(C)c2)C1. The van der Waals surface area contributed by atoms with Gasteiger partial charge in [0.15, 0.2) is 0 Å². The zero-order valence-electron chi connectivity index (χ0n) is 13.2. The lowest BCUT2D eigenvalue weighted by atomic mass is 9.89. The largest absolute Gasteiger partial charge is 0.342 e. The molecule has 2 fully saturated rings. The van der Waals surface area contributed by atoms with Crippen molar-refractivity contribution in [1.29, 1.82) is 0 Å². The summed E-state index contributed by atoms with van der Waals surface area (Å²) >= 11 is 0. The van der Waals surface area contributed by atoms with Crippen LogP contribution in [0.15, 0.2) is 12.4 Å². The van der Waals surface area contributed by atoms with Crippen LogP contribution in [0.25, 0.3) is 0 Å². The average molecular weight is 290 g/mol. The van der Waals surface area contributed by atoms with Crippen LogP contribution >= 0.6 is 0 Å². The summed E-state index contributed by atoms with van der Waals surface area (Å²) in [6.07, 6.45) is 5.10. The Bertz CT molecular complexity index is 510. The van der Waals surface area contributed by atoms with Gasteiger partial charge in [0.25, 0.3) is 0 Å². The van der Waals surface area contributed by atoms with Crippen LogP contribution in [0.2, 0.25) is 0 Å². The predicted octanol–water partition coefficient (Wildman–Crippen LogP) is 1.23. The number of nitrogens with zero attached hydrogens (tertiary/aromatic N) is 3. The van der Waals surface area contributed by atoms with E-state index >= 15 is 0 Å². The summed E-state index contributed by atoms with van der Waals surface area (Å²) in [6.45, 7) is 8.05. The van der Waals surface area contributed by atoms with Gasteiger partial charge in [-0.15, -0.1) is 0 Å². The Labute approximate surface area is 126 Å². The number of rotatable bonds is 3. The van der Waals surface area contributed by atoms with Gasteiger partial charge in [0, 0.05) is 45.3 Å². The Hall–Kier alpha value is -1.36. The minimum Gasteiger partial charge on any atom is -0.342 e. The number of hydrogen-bond acceptors (Lipinski definition) is 3. The van der Waals surface area contributed by atoms with Gasteiger partial charge in [-0.3, -0.25) is 9.48 Å². The van der Waals surface area contributed by atoms with E-state index in [1.807, 2.05) is 24.1 Å². The molecule has 0 aliphatic carbocycles. The topological polar surface area (TPSA) is 50.2 Å². The molecule has 1 amide bonds. The van der Waals surface area contributed by atoms with Crippen molar-refractivity contribution < 1.29 is 4.79 Å². The summed E-state index contributed by atoms with van der Waals surface area (Å²) in [5.74, 6) is 2.00. The summed E-state index contributed by atoms with van der Waals surface area (Å²) in [5, 5.41) is 7.64. The molecule has 3 rings (SSSR count). The first-order valence-corrected chi connectivity index (χ1v) is 8.04. The van der Waals surface area contributed by atoms with E-state index in [-0.39, 0.29) is 11.8 Å². The van der Waals surface area contributed by atoms with E-state index in [2.05, 4.69) is 29.2 Å². The summed E-state index contributed by atoms with van der Waals surface area (Å²) in [6, 6.07) is 0. The second-order valence-corrected chi connectivity index (χ2v) is 6.90. The Balaban J connectivity index is 1.69. The molecule has 116 valence electrons. The van der Waals surface area contributed by atoms with E-state index in [0.717, 1.165) is 32.6 Å². The minimum atomic E-state index is 0.0695. The van der Waals surface area contributed by atoms with Gasteiger partial charge in [-0.25, -0.2) is 0 Å². The number of carbonyl (C=O) groups excluding carboxylic acids is 1. The van der Waals surface area contributed by atoms with Crippen molar-refractivity contribution in [3.63, 3.8) is 0 Å².